The number of amides is 1. The van der Waals surface area contributed by atoms with Gasteiger partial charge < -0.3 is 19.5 Å². The summed E-state index contributed by atoms with van der Waals surface area (Å²) >= 11 is 0. The maximum Gasteiger partial charge on any atom is 0.507 e. The van der Waals surface area contributed by atoms with Crippen LogP contribution < -0.4 is 19.5 Å². The molecule has 154 valence electrons. The van der Waals surface area contributed by atoms with E-state index in [-0.39, 0.29) is 23.6 Å². The first kappa shape index (κ1) is 20.4. The van der Waals surface area contributed by atoms with E-state index in [1.54, 1.807) is 18.2 Å². The summed E-state index contributed by atoms with van der Waals surface area (Å²) in [5.74, 6) is -1.07. The summed E-state index contributed by atoms with van der Waals surface area (Å²) in [5, 5.41) is 2.70. The molecule has 0 bridgehead atoms. The minimum Gasteiger partial charge on any atom is -0.439 e. The van der Waals surface area contributed by atoms with Gasteiger partial charge in [0.25, 0.3) is 0 Å². The maximum absolute atomic E-state index is 13.3. The van der Waals surface area contributed by atoms with E-state index in [1.165, 1.54) is 25.3 Å². The van der Waals surface area contributed by atoms with Crippen molar-refractivity contribution >= 4 is 12.0 Å². The molecule has 2 heterocycles. The summed E-state index contributed by atoms with van der Waals surface area (Å²) in [6.07, 6.45) is -4.55. The van der Waals surface area contributed by atoms with Gasteiger partial charge in [-0.2, -0.15) is 17.6 Å². The van der Waals surface area contributed by atoms with Gasteiger partial charge in [-0.1, -0.05) is 12.2 Å². The van der Waals surface area contributed by atoms with E-state index >= 15 is 0 Å². The Labute approximate surface area is 163 Å². The number of ether oxygens (including phenoxy) is 3. The molecule has 1 aliphatic heterocycles. The molecule has 1 aliphatic rings. The van der Waals surface area contributed by atoms with Crippen LogP contribution in [0.2, 0.25) is 0 Å². The van der Waals surface area contributed by atoms with Crippen molar-refractivity contribution in [1.82, 2.24) is 10.3 Å². The van der Waals surface area contributed by atoms with Gasteiger partial charge in [0.1, 0.15) is 5.75 Å². The van der Waals surface area contributed by atoms with Crippen molar-refractivity contribution in [1.29, 1.82) is 0 Å². The van der Waals surface area contributed by atoms with Crippen molar-refractivity contribution < 1.29 is 36.6 Å². The van der Waals surface area contributed by atoms with Crippen LogP contribution >= 0.6 is 0 Å². The molecule has 29 heavy (non-hydrogen) atoms. The number of nitrogens with one attached hydrogen (secondary N) is 1. The second-order valence-corrected chi connectivity index (χ2v) is 6.23. The Balaban J connectivity index is 1.68. The average molecular weight is 412 g/mol. The Bertz CT molecular complexity index is 932. The molecular formula is C19H16F4N2O4. The molecule has 0 spiro atoms. The van der Waals surface area contributed by atoms with Gasteiger partial charge in [0.05, 0.1) is 0 Å². The highest BCUT2D eigenvalue weighted by Crippen LogP contribution is 2.48. The highest BCUT2D eigenvalue weighted by molar-refractivity contribution is 5.73. The zero-order valence-electron chi connectivity index (χ0n) is 15.3. The number of fused-ring (bicyclic) bond motifs is 1. The van der Waals surface area contributed by atoms with Crippen LogP contribution in [0.1, 0.15) is 19.4 Å². The quantitative estimate of drug-likeness (QED) is 0.739. The zero-order valence-corrected chi connectivity index (χ0v) is 15.3. The number of aromatic nitrogens is 1. The molecule has 1 amide bonds. The molecule has 0 fully saturated rings. The topological polar surface area (TPSA) is 69.7 Å². The Morgan fingerprint density at radius 3 is 2.45 bits per heavy atom. The zero-order chi connectivity index (χ0) is 21.2. The molecule has 1 aromatic carbocycles. The molecule has 1 aromatic heterocycles. The third kappa shape index (κ3) is 4.76. The second-order valence-electron chi connectivity index (χ2n) is 6.23. The molecule has 0 radical (unpaired) electrons. The minimum absolute atomic E-state index is 0.0449. The van der Waals surface area contributed by atoms with Crippen molar-refractivity contribution in [2.24, 2.45) is 0 Å². The molecule has 0 unspecified atom stereocenters. The minimum atomic E-state index is -4.81. The van der Waals surface area contributed by atoms with Gasteiger partial charge in [0.15, 0.2) is 11.5 Å². The fourth-order valence-corrected chi connectivity index (χ4v) is 2.41. The first-order valence-electron chi connectivity index (χ1n) is 8.43. The summed E-state index contributed by atoms with van der Waals surface area (Å²) < 4.78 is 66.4. The average Bonchev–Trinajstić information content (AvgIpc) is 2.61. The SMILES string of the molecule is CC(=O)N[C@@H](C)/C=C/c1ccc(Oc2ccc3c(c2)OC(F)(F)C(F)(F)O3)nc1. The number of halogens is 4. The van der Waals surface area contributed by atoms with Crippen molar-refractivity contribution in [2.45, 2.75) is 32.1 Å². The van der Waals surface area contributed by atoms with Crippen molar-refractivity contribution in [3.8, 4) is 23.1 Å². The molecule has 0 saturated heterocycles. The largest absolute Gasteiger partial charge is 0.507 e. The first-order chi connectivity index (χ1) is 13.6. The molecule has 0 saturated carbocycles. The summed E-state index contributed by atoms with van der Waals surface area (Å²) in [6.45, 7) is 3.23. The molecule has 1 atom stereocenters. The second kappa shape index (κ2) is 7.61. The summed E-state index contributed by atoms with van der Waals surface area (Å²) in [4.78, 5) is 15.0. The van der Waals surface area contributed by atoms with Crippen LogP contribution in [-0.2, 0) is 4.79 Å². The molecule has 6 nitrogen and oxygen atoms in total. The van der Waals surface area contributed by atoms with Gasteiger partial charge in [0, 0.05) is 31.3 Å². The van der Waals surface area contributed by atoms with Crippen LogP contribution in [0.25, 0.3) is 6.08 Å². The number of benzene rings is 1. The van der Waals surface area contributed by atoms with Crippen molar-refractivity contribution in [3.63, 3.8) is 0 Å². The number of hydrogen-bond acceptors (Lipinski definition) is 5. The van der Waals surface area contributed by atoms with E-state index in [2.05, 4.69) is 19.8 Å². The molecule has 0 aliphatic carbocycles. The monoisotopic (exact) mass is 412 g/mol. The van der Waals surface area contributed by atoms with Crippen LogP contribution in [0.3, 0.4) is 0 Å². The third-order valence-corrected chi connectivity index (χ3v) is 3.72. The normalized spacial score (nSPS) is 17.6. The van der Waals surface area contributed by atoms with Crippen LogP contribution in [0.5, 0.6) is 23.1 Å². The maximum atomic E-state index is 13.3. The van der Waals surface area contributed by atoms with Gasteiger partial charge >= 0.3 is 12.2 Å². The molecule has 1 N–H and O–H groups in total. The Hall–Kier alpha value is -3.30. The number of hydrogen-bond donors (Lipinski definition) is 1. The van der Waals surface area contributed by atoms with Gasteiger partial charge in [-0.25, -0.2) is 4.98 Å². The standard InChI is InChI=1S/C19H16F4N2O4/c1-11(25-12(2)26)3-4-13-5-8-17(24-10-13)27-14-6-7-15-16(9-14)29-19(22,23)18(20,21)28-15/h3-11H,1-2H3,(H,25,26)/b4-3+/t11-/m0/s1. The van der Waals surface area contributed by atoms with Crippen molar-refractivity contribution in [2.75, 3.05) is 0 Å². The van der Waals surface area contributed by atoms with Gasteiger partial charge in [-0.15, -0.1) is 0 Å². The lowest BCUT2D eigenvalue weighted by Gasteiger charge is -2.31. The van der Waals surface area contributed by atoms with Gasteiger partial charge in [-0.05, 0) is 30.7 Å². The number of pyridine rings is 1. The number of rotatable bonds is 5. The predicted molar refractivity (Wildman–Crippen MR) is 94.2 cm³/mol. The first-order valence-corrected chi connectivity index (χ1v) is 8.43. The van der Waals surface area contributed by atoms with Gasteiger partial charge in [0.2, 0.25) is 11.8 Å². The highest BCUT2D eigenvalue weighted by Gasteiger charge is 2.65. The Morgan fingerprint density at radius 1 is 1.14 bits per heavy atom. The lowest BCUT2D eigenvalue weighted by molar-refractivity contribution is -0.391. The summed E-state index contributed by atoms with van der Waals surface area (Å²) in [7, 11) is 0. The smallest absolute Gasteiger partial charge is 0.439 e. The van der Waals surface area contributed by atoms with E-state index in [0.717, 1.165) is 17.7 Å². The molecule has 3 rings (SSSR count). The fourth-order valence-electron chi connectivity index (χ4n) is 2.41. The molecular weight excluding hydrogens is 396 g/mol. The van der Waals surface area contributed by atoms with E-state index in [0.29, 0.717) is 0 Å². The van der Waals surface area contributed by atoms with Crippen LogP contribution in [0.15, 0.2) is 42.6 Å². The van der Waals surface area contributed by atoms with Gasteiger partial charge in [-0.3, -0.25) is 4.79 Å². The van der Waals surface area contributed by atoms with Crippen LogP contribution in [0.4, 0.5) is 17.6 Å². The predicted octanol–water partition coefficient (Wildman–Crippen LogP) is 4.37. The van der Waals surface area contributed by atoms with E-state index in [4.69, 9.17) is 4.74 Å². The number of nitrogens with zero attached hydrogens (tertiary/aromatic N) is 1. The Kier molecular flexibility index (Phi) is 5.36. The van der Waals surface area contributed by atoms with E-state index < -0.39 is 23.7 Å². The van der Waals surface area contributed by atoms with E-state index in [1.807, 2.05) is 6.92 Å². The summed E-state index contributed by atoms with van der Waals surface area (Å²) in [5.41, 5.74) is 0.735. The van der Waals surface area contributed by atoms with Crippen LogP contribution in [-0.4, -0.2) is 29.2 Å². The van der Waals surface area contributed by atoms with E-state index in [9.17, 15) is 22.4 Å². The van der Waals surface area contributed by atoms with Crippen LogP contribution in [0, 0.1) is 0 Å². The molecule has 10 heteroatoms. The Morgan fingerprint density at radius 2 is 1.83 bits per heavy atom. The number of alkyl halides is 4. The third-order valence-electron chi connectivity index (χ3n) is 3.72. The summed E-state index contributed by atoms with van der Waals surface area (Å²) in [6, 6.07) is 6.35. The number of carbonyl (C=O) groups is 1. The lowest BCUT2D eigenvalue weighted by atomic mass is 10.2. The lowest BCUT2D eigenvalue weighted by Crippen LogP contribution is -2.52. The van der Waals surface area contributed by atoms with Crippen molar-refractivity contribution in [3.05, 3.63) is 48.2 Å². The molecule has 2 aromatic rings. The number of carbonyl (C=O) groups excluding carboxylic acids is 1. The fraction of sp³-hybridized carbons (Fsp3) is 0.263. The highest BCUT2D eigenvalue weighted by atomic mass is 19.3.